The predicted octanol–water partition coefficient (Wildman–Crippen LogP) is 4.34. The number of aromatic nitrogens is 1. The third-order valence-corrected chi connectivity index (χ3v) is 5.80. The molecule has 1 fully saturated rings. The lowest BCUT2D eigenvalue weighted by molar-refractivity contribution is 0.0916. The lowest BCUT2D eigenvalue weighted by atomic mass is 10.2. The van der Waals surface area contributed by atoms with E-state index in [1.807, 2.05) is 32.0 Å². The molecule has 2 aromatic heterocycles. The second kappa shape index (κ2) is 7.32. The molecule has 1 saturated heterocycles. The van der Waals surface area contributed by atoms with Crippen molar-refractivity contribution in [3.8, 4) is 5.75 Å². The summed E-state index contributed by atoms with van der Waals surface area (Å²) < 4.78 is 17.6. The number of rotatable bonds is 5. The van der Waals surface area contributed by atoms with Crippen LogP contribution >= 0.6 is 11.3 Å². The molecule has 0 spiro atoms. The molecule has 1 atom stereocenters. The zero-order valence-electron chi connectivity index (χ0n) is 15.7. The average molecular weight is 386 g/mol. The molecule has 1 aliphatic heterocycles. The minimum atomic E-state index is -0.106. The minimum absolute atomic E-state index is 0.0313. The van der Waals surface area contributed by atoms with Gasteiger partial charge in [-0.05, 0) is 44.9 Å². The zero-order valence-corrected chi connectivity index (χ0v) is 16.5. The Labute approximate surface area is 161 Å². The number of carbonyl (C=O) groups is 1. The van der Waals surface area contributed by atoms with Crippen molar-refractivity contribution in [2.24, 2.45) is 0 Å². The molecule has 1 unspecified atom stereocenters. The van der Waals surface area contributed by atoms with Crippen molar-refractivity contribution < 1.29 is 18.7 Å². The summed E-state index contributed by atoms with van der Waals surface area (Å²) in [5.41, 5.74) is 1.39. The first-order valence-electron chi connectivity index (χ1n) is 9.00. The second-order valence-electron chi connectivity index (χ2n) is 6.71. The van der Waals surface area contributed by atoms with E-state index >= 15 is 0 Å². The molecule has 1 amide bonds. The van der Waals surface area contributed by atoms with Crippen molar-refractivity contribution in [1.29, 1.82) is 0 Å². The van der Waals surface area contributed by atoms with Gasteiger partial charge in [-0.1, -0.05) is 11.3 Å². The predicted molar refractivity (Wildman–Crippen MR) is 105 cm³/mol. The Morgan fingerprint density at radius 3 is 2.89 bits per heavy atom. The summed E-state index contributed by atoms with van der Waals surface area (Å²) in [7, 11) is 1.63. The summed E-state index contributed by atoms with van der Waals surface area (Å²) in [4.78, 5) is 19.8. The molecule has 1 aliphatic rings. The largest absolute Gasteiger partial charge is 0.497 e. The molecule has 0 radical (unpaired) electrons. The molecule has 27 heavy (non-hydrogen) atoms. The molecule has 6 nitrogen and oxygen atoms in total. The van der Waals surface area contributed by atoms with Crippen molar-refractivity contribution in [1.82, 2.24) is 4.98 Å². The van der Waals surface area contributed by atoms with Crippen LogP contribution in [0.5, 0.6) is 5.75 Å². The number of amides is 1. The SMILES string of the molecule is COc1ccc2sc(N(CC3CCCO3)C(=O)c3cc(C)oc3C)nc2c1. The molecule has 142 valence electrons. The molecular formula is C20H22N2O4S. The Balaban J connectivity index is 1.72. The summed E-state index contributed by atoms with van der Waals surface area (Å²) >= 11 is 1.50. The maximum atomic E-state index is 13.3. The van der Waals surface area contributed by atoms with Crippen molar-refractivity contribution in [3.63, 3.8) is 0 Å². The normalized spacial score (nSPS) is 16.8. The monoisotopic (exact) mass is 386 g/mol. The standard InChI is InChI=1S/C20H22N2O4S/c1-12-9-16(13(2)26-12)19(23)22(11-15-5-4-8-25-15)20-21-17-10-14(24-3)6-7-18(17)27-20/h6-7,9-10,15H,4-5,8,11H2,1-3H3. The third kappa shape index (κ3) is 3.57. The van der Waals surface area contributed by atoms with E-state index in [1.165, 1.54) is 11.3 Å². The maximum absolute atomic E-state index is 13.3. The number of anilines is 1. The van der Waals surface area contributed by atoms with E-state index in [4.69, 9.17) is 18.9 Å². The van der Waals surface area contributed by atoms with Gasteiger partial charge < -0.3 is 13.9 Å². The lowest BCUT2D eigenvalue weighted by Gasteiger charge is -2.22. The van der Waals surface area contributed by atoms with E-state index in [1.54, 1.807) is 18.1 Å². The van der Waals surface area contributed by atoms with Gasteiger partial charge in [-0.25, -0.2) is 4.98 Å². The average Bonchev–Trinajstić information content (AvgIpc) is 3.37. The highest BCUT2D eigenvalue weighted by Gasteiger charge is 2.29. The zero-order chi connectivity index (χ0) is 19.0. The first kappa shape index (κ1) is 18.0. The Bertz CT molecular complexity index is 972. The summed E-state index contributed by atoms with van der Waals surface area (Å²) in [6.45, 7) is 4.89. The molecule has 0 aliphatic carbocycles. The van der Waals surface area contributed by atoms with E-state index < -0.39 is 0 Å². The van der Waals surface area contributed by atoms with Crippen LogP contribution in [0.25, 0.3) is 10.2 Å². The van der Waals surface area contributed by atoms with Crippen LogP contribution in [0.2, 0.25) is 0 Å². The van der Waals surface area contributed by atoms with Crippen LogP contribution in [0.3, 0.4) is 0 Å². The number of aryl methyl sites for hydroxylation is 2. The van der Waals surface area contributed by atoms with Crippen molar-refractivity contribution in [3.05, 3.63) is 41.3 Å². The fourth-order valence-corrected chi connectivity index (χ4v) is 4.32. The lowest BCUT2D eigenvalue weighted by Crippen LogP contribution is -2.37. The topological polar surface area (TPSA) is 64.8 Å². The first-order valence-corrected chi connectivity index (χ1v) is 9.82. The van der Waals surface area contributed by atoms with Crippen LogP contribution in [0.1, 0.15) is 34.7 Å². The maximum Gasteiger partial charge on any atom is 0.263 e. The molecule has 0 saturated carbocycles. The van der Waals surface area contributed by atoms with Crippen LogP contribution < -0.4 is 9.64 Å². The van der Waals surface area contributed by atoms with Crippen LogP contribution in [-0.2, 0) is 4.74 Å². The summed E-state index contributed by atoms with van der Waals surface area (Å²) in [5, 5.41) is 0.664. The third-order valence-electron chi connectivity index (χ3n) is 4.74. The number of nitrogens with zero attached hydrogens (tertiary/aromatic N) is 2. The summed E-state index contributed by atoms with van der Waals surface area (Å²) in [5.74, 6) is 1.99. The number of ether oxygens (including phenoxy) is 2. The van der Waals surface area contributed by atoms with Crippen LogP contribution in [0, 0.1) is 13.8 Å². The molecule has 7 heteroatoms. The van der Waals surface area contributed by atoms with E-state index in [-0.39, 0.29) is 12.0 Å². The van der Waals surface area contributed by atoms with Crippen LogP contribution in [-0.4, -0.2) is 37.3 Å². The van der Waals surface area contributed by atoms with E-state index in [0.29, 0.717) is 23.0 Å². The number of furan rings is 1. The molecule has 0 N–H and O–H groups in total. The molecule has 3 aromatic rings. The van der Waals surface area contributed by atoms with Gasteiger partial charge in [-0.3, -0.25) is 9.69 Å². The quantitative estimate of drug-likeness (QED) is 0.653. The van der Waals surface area contributed by atoms with Gasteiger partial charge in [0, 0.05) is 12.7 Å². The smallest absolute Gasteiger partial charge is 0.263 e. The Hall–Kier alpha value is -2.38. The Kier molecular flexibility index (Phi) is 4.88. The van der Waals surface area contributed by atoms with Gasteiger partial charge in [0.1, 0.15) is 17.3 Å². The fraction of sp³-hybridized carbons (Fsp3) is 0.400. The van der Waals surface area contributed by atoms with Gasteiger partial charge in [0.25, 0.3) is 5.91 Å². The summed E-state index contributed by atoms with van der Waals surface area (Å²) in [6.07, 6.45) is 2.00. The van der Waals surface area contributed by atoms with E-state index in [9.17, 15) is 4.79 Å². The first-order chi connectivity index (χ1) is 13.0. The number of hydrogen-bond donors (Lipinski definition) is 0. The Morgan fingerprint density at radius 2 is 2.22 bits per heavy atom. The highest BCUT2D eigenvalue weighted by Crippen LogP contribution is 2.33. The van der Waals surface area contributed by atoms with Crippen molar-refractivity contribution >= 4 is 32.6 Å². The van der Waals surface area contributed by atoms with E-state index in [2.05, 4.69) is 0 Å². The van der Waals surface area contributed by atoms with Crippen LogP contribution in [0.4, 0.5) is 5.13 Å². The highest BCUT2D eigenvalue weighted by molar-refractivity contribution is 7.22. The van der Waals surface area contributed by atoms with Crippen molar-refractivity contribution in [2.75, 3.05) is 25.2 Å². The number of hydrogen-bond acceptors (Lipinski definition) is 6. The highest BCUT2D eigenvalue weighted by atomic mass is 32.1. The summed E-state index contributed by atoms with van der Waals surface area (Å²) in [6, 6.07) is 7.55. The van der Waals surface area contributed by atoms with Gasteiger partial charge in [-0.2, -0.15) is 0 Å². The van der Waals surface area contributed by atoms with Gasteiger partial charge in [0.2, 0.25) is 0 Å². The van der Waals surface area contributed by atoms with Gasteiger partial charge in [-0.15, -0.1) is 0 Å². The van der Waals surface area contributed by atoms with E-state index in [0.717, 1.165) is 41.2 Å². The van der Waals surface area contributed by atoms with Crippen molar-refractivity contribution in [2.45, 2.75) is 32.8 Å². The molecule has 0 bridgehead atoms. The second-order valence-corrected chi connectivity index (χ2v) is 7.72. The molecule has 1 aromatic carbocycles. The number of carbonyl (C=O) groups excluding carboxylic acids is 1. The van der Waals surface area contributed by atoms with Gasteiger partial charge in [0.15, 0.2) is 5.13 Å². The number of methoxy groups -OCH3 is 1. The van der Waals surface area contributed by atoms with Gasteiger partial charge >= 0.3 is 0 Å². The number of fused-ring (bicyclic) bond motifs is 1. The molecular weight excluding hydrogens is 364 g/mol. The number of thiazole rings is 1. The molecule has 3 heterocycles. The number of benzene rings is 1. The van der Waals surface area contributed by atoms with Gasteiger partial charge in [0.05, 0.1) is 35.5 Å². The Morgan fingerprint density at radius 1 is 1.37 bits per heavy atom. The molecule has 4 rings (SSSR count). The fourth-order valence-electron chi connectivity index (χ4n) is 3.37. The minimum Gasteiger partial charge on any atom is -0.497 e. The van der Waals surface area contributed by atoms with Crippen LogP contribution in [0.15, 0.2) is 28.7 Å².